The first kappa shape index (κ1) is 17.7. The van der Waals surface area contributed by atoms with Gasteiger partial charge in [0.05, 0.1) is 18.6 Å². The molecule has 0 bridgehead atoms. The van der Waals surface area contributed by atoms with E-state index in [-0.39, 0.29) is 10.6 Å². The summed E-state index contributed by atoms with van der Waals surface area (Å²) in [4.78, 5) is 5.64. The zero-order valence-corrected chi connectivity index (χ0v) is 15.3. The first-order valence-electron chi connectivity index (χ1n) is 8.37. The first-order valence-corrected chi connectivity index (χ1v) is 9.81. The van der Waals surface area contributed by atoms with Gasteiger partial charge in [0.15, 0.2) is 5.03 Å². The maximum absolute atomic E-state index is 14.3. The SMILES string of the molecule is Cn1cnc(S(=O)(=O)n2nccc2N2CCC[C@@H]2c2cc(F)ccc2F)c1. The Bertz CT molecular complexity index is 1090. The quantitative estimate of drug-likeness (QED) is 0.681. The van der Waals surface area contributed by atoms with Crippen LogP contribution in [0, 0.1) is 11.6 Å². The van der Waals surface area contributed by atoms with Crippen molar-refractivity contribution in [3.8, 4) is 0 Å². The molecular formula is C17H17F2N5O2S. The number of aromatic nitrogens is 4. The van der Waals surface area contributed by atoms with Gasteiger partial charge in [0, 0.05) is 31.4 Å². The van der Waals surface area contributed by atoms with Crippen LogP contribution in [0.5, 0.6) is 0 Å². The fourth-order valence-electron chi connectivity index (χ4n) is 3.42. The highest BCUT2D eigenvalue weighted by Crippen LogP contribution is 2.38. The van der Waals surface area contributed by atoms with Gasteiger partial charge in [0.25, 0.3) is 0 Å². The Balaban J connectivity index is 1.77. The Morgan fingerprint density at radius 2 is 2.04 bits per heavy atom. The lowest BCUT2D eigenvalue weighted by Gasteiger charge is -2.27. The van der Waals surface area contributed by atoms with Crippen molar-refractivity contribution in [1.29, 1.82) is 0 Å². The van der Waals surface area contributed by atoms with Gasteiger partial charge in [-0.05, 0) is 31.0 Å². The Hall–Kier alpha value is -2.75. The van der Waals surface area contributed by atoms with Gasteiger partial charge in [-0.15, -0.1) is 4.09 Å². The molecule has 10 heteroatoms. The molecule has 1 atom stereocenters. The van der Waals surface area contributed by atoms with E-state index in [0.29, 0.717) is 18.8 Å². The van der Waals surface area contributed by atoms with E-state index < -0.39 is 27.7 Å². The summed E-state index contributed by atoms with van der Waals surface area (Å²) in [6.45, 7) is 0.504. The van der Waals surface area contributed by atoms with Gasteiger partial charge in [-0.1, -0.05) is 0 Å². The molecule has 0 spiro atoms. The molecule has 3 heterocycles. The van der Waals surface area contributed by atoms with E-state index in [4.69, 9.17) is 0 Å². The Morgan fingerprint density at radius 3 is 2.78 bits per heavy atom. The van der Waals surface area contributed by atoms with Gasteiger partial charge < -0.3 is 9.47 Å². The third-order valence-electron chi connectivity index (χ3n) is 4.63. The summed E-state index contributed by atoms with van der Waals surface area (Å²) in [7, 11) is -2.34. The first-order chi connectivity index (χ1) is 12.9. The predicted octanol–water partition coefficient (Wildman–Crippen LogP) is 2.47. The molecule has 2 aromatic heterocycles. The zero-order valence-electron chi connectivity index (χ0n) is 14.5. The van der Waals surface area contributed by atoms with Gasteiger partial charge in [-0.3, -0.25) is 0 Å². The molecule has 7 nitrogen and oxygen atoms in total. The van der Waals surface area contributed by atoms with Gasteiger partial charge >= 0.3 is 10.0 Å². The molecule has 0 unspecified atom stereocenters. The zero-order chi connectivity index (χ0) is 19.2. The van der Waals surface area contributed by atoms with E-state index in [9.17, 15) is 17.2 Å². The summed E-state index contributed by atoms with van der Waals surface area (Å²) in [5, 5.41) is 3.82. The molecule has 0 radical (unpaired) electrons. The lowest BCUT2D eigenvalue weighted by Crippen LogP contribution is -2.28. The second kappa shape index (κ2) is 6.45. The number of aryl methyl sites for hydroxylation is 1. The Labute approximate surface area is 154 Å². The van der Waals surface area contributed by atoms with Gasteiger partial charge in [0.1, 0.15) is 17.5 Å². The van der Waals surface area contributed by atoms with Crippen molar-refractivity contribution in [2.45, 2.75) is 23.9 Å². The average Bonchev–Trinajstić information content (AvgIpc) is 3.35. The Morgan fingerprint density at radius 1 is 1.22 bits per heavy atom. The molecule has 4 rings (SSSR count). The minimum absolute atomic E-state index is 0.136. The number of benzene rings is 1. The lowest BCUT2D eigenvalue weighted by molar-refractivity contribution is 0.556. The molecular weight excluding hydrogens is 376 g/mol. The molecule has 142 valence electrons. The largest absolute Gasteiger partial charge is 0.349 e. The van der Waals surface area contributed by atoms with Crippen molar-refractivity contribution < 1.29 is 17.2 Å². The van der Waals surface area contributed by atoms with Gasteiger partial charge in [-0.2, -0.15) is 13.5 Å². The number of nitrogens with zero attached hydrogens (tertiary/aromatic N) is 5. The van der Waals surface area contributed by atoms with Crippen LogP contribution >= 0.6 is 0 Å². The number of hydrogen-bond donors (Lipinski definition) is 0. The number of imidazole rings is 1. The van der Waals surface area contributed by atoms with Crippen LogP contribution in [0.3, 0.4) is 0 Å². The molecule has 0 aliphatic carbocycles. The van der Waals surface area contributed by atoms with Gasteiger partial charge in [-0.25, -0.2) is 13.8 Å². The highest BCUT2D eigenvalue weighted by molar-refractivity contribution is 7.89. The molecule has 1 aromatic carbocycles. The third-order valence-corrected chi connectivity index (χ3v) is 6.10. The van der Waals surface area contributed by atoms with E-state index in [2.05, 4.69) is 10.1 Å². The van der Waals surface area contributed by atoms with Gasteiger partial charge in [0.2, 0.25) is 0 Å². The fraction of sp³-hybridized carbons (Fsp3) is 0.294. The van der Waals surface area contributed by atoms with Crippen molar-refractivity contribution in [2.24, 2.45) is 7.05 Å². The second-order valence-electron chi connectivity index (χ2n) is 6.43. The van der Waals surface area contributed by atoms with Crippen LogP contribution in [0.2, 0.25) is 0 Å². The highest BCUT2D eigenvalue weighted by atomic mass is 32.2. The van der Waals surface area contributed by atoms with Crippen molar-refractivity contribution >= 4 is 15.8 Å². The summed E-state index contributed by atoms with van der Waals surface area (Å²) in [6, 6.07) is 4.38. The fourth-order valence-corrected chi connectivity index (χ4v) is 4.67. The van der Waals surface area contributed by atoms with Crippen LogP contribution in [-0.2, 0) is 17.1 Å². The van der Waals surface area contributed by atoms with Crippen molar-refractivity contribution in [3.05, 3.63) is 60.2 Å². The lowest BCUT2D eigenvalue weighted by atomic mass is 10.0. The van der Waals surface area contributed by atoms with E-state index in [1.807, 2.05) is 0 Å². The minimum atomic E-state index is -4.00. The van der Waals surface area contributed by atoms with E-state index in [0.717, 1.165) is 28.7 Å². The maximum Gasteiger partial charge on any atom is 0.303 e. The van der Waals surface area contributed by atoms with Crippen LogP contribution < -0.4 is 4.90 Å². The molecule has 27 heavy (non-hydrogen) atoms. The van der Waals surface area contributed by atoms with Crippen molar-refractivity contribution in [2.75, 3.05) is 11.4 Å². The number of hydrogen-bond acceptors (Lipinski definition) is 5. The monoisotopic (exact) mass is 393 g/mol. The van der Waals surface area contributed by atoms with Crippen LogP contribution in [0.4, 0.5) is 14.6 Å². The van der Waals surface area contributed by atoms with E-state index >= 15 is 0 Å². The third kappa shape index (κ3) is 2.99. The molecule has 1 saturated heterocycles. The van der Waals surface area contributed by atoms with Crippen LogP contribution in [0.1, 0.15) is 24.4 Å². The topological polar surface area (TPSA) is 73.0 Å². The Kier molecular flexibility index (Phi) is 4.22. The van der Waals surface area contributed by atoms with E-state index in [1.54, 1.807) is 18.0 Å². The van der Waals surface area contributed by atoms with Crippen molar-refractivity contribution in [3.63, 3.8) is 0 Å². The standard InChI is InChI=1S/C17H17F2N5O2S/c1-22-10-16(20-11-22)27(25,26)24-17(6-7-21-24)23-8-2-3-15(23)13-9-12(18)4-5-14(13)19/h4-7,9-11,15H,2-3,8H2,1H3/t15-/m1/s1. The molecule has 1 aliphatic rings. The minimum Gasteiger partial charge on any atom is -0.349 e. The molecule has 0 N–H and O–H groups in total. The van der Waals surface area contributed by atoms with Crippen LogP contribution in [-0.4, -0.2) is 33.7 Å². The number of rotatable bonds is 4. The molecule has 1 fully saturated rings. The van der Waals surface area contributed by atoms with E-state index in [1.165, 1.54) is 23.3 Å². The van der Waals surface area contributed by atoms with Crippen LogP contribution in [0.25, 0.3) is 0 Å². The molecule has 1 aliphatic heterocycles. The molecule has 0 saturated carbocycles. The summed E-state index contributed by atoms with van der Waals surface area (Å²) in [5.41, 5.74) is 0.204. The highest BCUT2D eigenvalue weighted by Gasteiger charge is 2.33. The predicted molar refractivity (Wildman–Crippen MR) is 93.7 cm³/mol. The van der Waals surface area contributed by atoms with Crippen molar-refractivity contribution in [1.82, 2.24) is 18.7 Å². The molecule has 3 aromatic rings. The maximum atomic E-state index is 14.3. The summed E-state index contributed by atoms with van der Waals surface area (Å²) in [5.74, 6) is -0.758. The smallest absolute Gasteiger partial charge is 0.303 e. The normalized spacial score (nSPS) is 17.6. The summed E-state index contributed by atoms with van der Waals surface area (Å²) >= 11 is 0. The number of halogens is 2. The number of anilines is 1. The molecule has 0 amide bonds. The van der Waals surface area contributed by atoms with Crippen LogP contribution in [0.15, 0.2) is 48.0 Å². The summed E-state index contributed by atoms with van der Waals surface area (Å²) in [6.07, 6.45) is 5.43. The average molecular weight is 393 g/mol. The second-order valence-corrected chi connectivity index (χ2v) is 8.15. The summed E-state index contributed by atoms with van der Waals surface area (Å²) < 4.78 is 56.2.